The van der Waals surface area contributed by atoms with Crippen molar-refractivity contribution in [2.45, 2.75) is 80.1 Å². The number of aryl methyl sites for hydroxylation is 6. The Morgan fingerprint density at radius 1 is 0.633 bits per heavy atom. The molecule has 0 saturated carbocycles. The molecule has 0 unspecified atom stereocenters. The lowest BCUT2D eigenvalue weighted by atomic mass is 10.00. The lowest BCUT2D eigenvalue weighted by Crippen LogP contribution is -2.30. The Bertz CT molecular complexity index is 794. The van der Waals surface area contributed by atoms with Gasteiger partial charge in [0.25, 0.3) is 0 Å². The van der Waals surface area contributed by atoms with Gasteiger partial charge in [0.2, 0.25) is 0 Å². The Morgan fingerprint density at radius 3 is 1.20 bits per heavy atom. The Labute approximate surface area is 181 Å². The normalized spacial score (nSPS) is 10.7. The number of hydrogen-bond acceptors (Lipinski definition) is 2. The Hall–Kier alpha value is -2.62. The quantitative estimate of drug-likeness (QED) is 0.512. The molecule has 162 valence electrons. The van der Waals surface area contributed by atoms with Crippen molar-refractivity contribution in [1.82, 2.24) is 0 Å². The second-order valence-electron chi connectivity index (χ2n) is 8.32. The number of rotatable bonds is 8. The third-order valence-corrected chi connectivity index (χ3v) is 5.51. The lowest BCUT2D eigenvalue weighted by Gasteiger charge is -2.16. The number of nitrogens with one attached hydrogen (secondary N) is 2. The van der Waals surface area contributed by atoms with Crippen LogP contribution in [-0.2, 0) is 22.4 Å². The maximum atomic E-state index is 12.6. The van der Waals surface area contributed by atoms with Crippen LogP contribution in [0.5, 0.6) is 0 Å². The van der Waals surface area contributed by atoms with Gasteiger partial charge in [-0.05, 0) is 86.8 Å². The number of amides is 2. The summed E-state index contributed by atoms with van der Waals surface area (Å²) in [4.78, 5) is 25.2. The number of benzene rings is 2. The summed E-state index contributed by atoms with van der Waals surface area (Å²) in [5.74, 6) is -1.28. The summed E-state index contributed by atoms with van der Waals surface area (Å²) in [6, 6.07) is 8.39. The van der Waals surface area contributed by atoms with Crippen molar-refractivity contribution in [3.63, 3.8) is 0 Å². The van der Waals surface area contributed by atoms with Crippen LogP contribution in [0.3, 0.4) is 0 Å². The number of carbonyl (C=O) groups is 2. The lowest BCUT2D eigenvalue weighted by molar-refractivity contribution is -0.133. The highest BCUT2D eigenvalue weighted by Crippen LogP contribution is 2.25. The van der Waals surface area contributed by atoms with Gasteiger partial charge < -0.3 is 10.6 Å². The van der Waals surface area contributed by atoms with Gasteiger partial charge in [0, 0.05) is 11.4 Å². The van der Waals surface area contributed by atoms with E-state index in [0.717, 1.165) is 72.2 Å². The molecule has 0 aliphatic carbocycles. The molecule has 0 heterocycles. The predicted octanol–water partition coefficient (Wildman–Crippen LogP) is 6.18. The van der Waals surface area contributed by atoms with Gasteiger partial charge in [-0.2, -0.15) is 0 Å². The van der Waals surface area contributed by atoms with E-state index >= 15 is 0 Å². The van der Waals surface area contributed by atoms with Crippen LogP contribution >= 0.6 is 0 Å². The van der Waals surface area contributed by atoms with E-state index in [4.69, 9.17) is 0 Å². The van der Waals surface area contributed by atoms with E-state index in [1.807, 2.05) is 27.7 Å². The first-order valence-electron chi connectivity index (χ1n) is 11.1. The molecule has 2 rings (SSSR count). The summed E-state index contributed by atoms with van der Waals surface area (Å²) in [6.07, 6.45) is 6.63. The first-order chi connectivity index (χ1) is 14.3. The minimum atomic E-state index is -0.642. The van der Waals surface area contributed by atoms with Crippen LogP contribution in [0.2, 0.25) is 0 Å². The topological polar surface area (TPSA) is 58.2 Å². The third-order valence-electron chi connectivity index (χ3n) is 5.51. The van der Waals surface area contributed by atoms with Crippen molar-refractivity contribution in [2.75, 3.05) is 10.6 Å². The van der Waals surface area contributed by atoms with Crippen molar-refractivity contribution in [3.05, 3.63) is 57.6 Å². The average molecular weight is 409 g/mol. The van der Waals surface area contributed by atoms with Gasteiger partial charge >= 0.3 is 11.8 Å². The van der Waals surface area contributed by atoms with Crippen molar-refractivity contribution in [3.8, 4) is 0 Å². The smallest absolute Gasteiger partial charge is 0.314 e. The van der Waals surface area contributed by atoms with E-state index in [1.165, 1.54) is 11.1 Å². The van der Waals surface area contributed by atoms with Crippen LogP contribution in [0.15, 0.2) is 24.3 Å². The fourth-order valence-corrected chi connectivity index (χ4v) is 3.89. The summed E-state index contributed by atoms with van der Waals surface area (Å²) in [6.45, 7) is 12.2. The second kappa shape index (κ2) is 11.0. The summed E-state index contributed by atoms with van der Waals surface area (Å²) in [5.41, 5.74) is 7.90. The van der Waals surface area contributed by atoms with Crippen molar-refractivity contribution in [2.24, 2.45) is 0 Å². The van der Waals surface area contributed by atoms with E-state index in [1.54, 1.807) is 0 Å². The maximum absolute atomic E-state index is 12.6. The predicted molar refractivity (Wildman–Crippen MR) is 126 cm³/mol. The molecular formula is C26H36N2O2. The first-order valence-corrected chi connectivity index (χ1v) is 11.1. The van der Waals surface area contributed by atoms with Crippen LogP contribution in [0.1, 0.15) is 72.9 Å². The van der Waals surface area contributed by atoms with Crippen LogP contribution in [0.25, 0.3) is 0 Å². The zero-order chi connectivity index (χ0) is 22.3. The van der Waals surface area contributed by atoms with Gasteiger partial charge in [-0.3, -0.25) is 9.59 Å². The van der Waals surface area contributed by atoms with Gasteiger partial charge in [0.15, 0.2) is 0 Å². The summed E-state index contributed by atoms with van der Waals surface area (Å²) < 4.78 is 0. The van der Waals surface area contributed by atoms with Crippen LogP contribution < -0.4 is 10.6 Å². The molecule has 0 aliphatic rings. The second-order valence-corrected chi connectivity index (χ2v) is 8.32. The van der Waals surface area contributed by atoms with Crippen molar-refractivity contribution in [1.29, 1.82) is 0 Å². The summed E-state index contributed by atoms with van der Waals surface area (Å²) >= 11 is 0. The molecule has 0 spiro atoms. The Balaban J connectivity index is 2.11. The van der Waals surface area contributed by atoms with Gasteiger partial charge in [-0.15, -0.1) is 0 Å². The van der Waals surface area contributed by atoms with Crippen molar-refractivity contribution < 1.29 is 9.59 Å². The molecule has 0 aromatic heterocycles. The Morgan fingerprint density at radius 2 is 0.933 bits per heavy atom. The highest BCUT2D eigenvalue weighted by atomic mass is 16.2. The molecule has 0 saturated heterocycles. The number of carbonyl (C=O) groups excluding carboxylic acids is 2. The van der Waals surface area contributed by atoms with E-state index < -0.39 is 11.8 Å². The Kier molecular flexibility index (Phi) is 8.64. The maximum Gasteiger partial charge on any atom is 0.314 e. The summed E-state index contributed by atoms with van der Waals surface area (Å²) in [7, 11) is 0. The molecule has 2 aromatic rings. The average Bonchev–Trinajstić information content (AvgIpc) is 2.69. The highest BCUT2D eigenvalue weighted by molar-refractivity contribution is 6.44. The zero-order valence-corrected chi connectivity index (χ0v) is 19.4. The van der Waals surface area contributed by atoms with Gasteiger partial charge in [0.1, 0.15) is 0 Å². The highest BCUT2D eigenvalue weighted by Gasteiger charge is 2.18. The van der Waals surface area contributed by atoms with Gasteiger partial charge in [-0.1, -0.05) is 51.0 Å². The van der Waals surface area contributed by atoms with E-state index in [-0.39, 0.29) is 0 Å². The molecule has 30 heavy (non-hydrogen) atoms. The van der Waals surface area contributed by atoms with Crippen LogP contribution in [0, 0.1) is 27.7 Å². The van der Waals surface area contributed by atoms with Crippen LogP contribution in [0.4, 0.5) is 11.4 Å². The molecule has 0 aliphatic heterocycles. The molecule has 0 bridgehead atoms. The largest absolute Gasteiger partial charge is 0.317 e. The fraction of sp³-hybridized carbons (Fsp3) is 0.462. The molecule has 0 atom stereocenters. The SMILES string of the molecule is CCCCc1cc(C)c(NC(=O)C(=O)Nc2c(C)cc(CCCC)cc2C)c(C)c1. The molecule has 0 fully saturated rings. The van der Waals surface area contributed by atoms with Gasteiger partial charge in [0.05, 0.1) is 0 Å². The molecule has 2 amide bonds. The van der Waals surface area contributed by atoms with Crippen molar-refractivity contribution >= 4 is 23.2 Å². The number of anilines is 2. The monoisotopic (exact) mass is 408 g/mol. The molecule has 4 nitrogen and oxygen atoms in total. The molecular weight excluding hydrogens is 372 g/mol. The number of hydrogen-bond donors (Lipinski definition) is 2. The number of unbranched alkanes of at least 4 members (excludes halogenated alkanes) is 2. The first kappa shape index (κ1) is 23.7. The molecule has 2 aromatic carbocycles. The van der Waals surface area contributed by atoms with Gasteiger partial charge in [-0.25, -0.2) is 0 Å². The van der Waals surface area contributed by atoms with E-state index in [0.29, 0.717) is 0 Å². The van der Waals surface area contributed by atoms with Crippen LogP contribution in [-0.4, -0.2) is 11.8 Å². The fourth-order valence-electron chi connectivity index (χ4n) is 3.89. The minimum absolute atomic E-state index is 0.642. The summed E-state index contributed by atoms with van der Waals surface area (Å²) in [5, 5.41) is 5.62. The minimum Gasteiger partial charge on any atom is -0.317 e. The third kappa shape index (κ3) is 6.19. The molecule has 0 radical (unpaired) electrons. The zero-order valence-electron chi connectivity index (χ0n) is 19.4. The molecule has 2 N–H and O–H groups in total. The van der Waals surface area contributed by atoms with E-state index in [2.05, 4.69) is 48.7 Å². The standard InChI is InChI=1S/C26H36N2O2/c1-7-9-11-21-13-17(3)23(18(4)14-21)27-25(29)26(30)28-24-19(5)15-22(12-10-8-2)16-20(24)6/h13-16H,7-12H2,1-6H3,(H,27,29)(H,28,30). The molecule has 4 heteroatoms. The van der Waals surface area contributed by atoms with E-state index in [9.17, 15) is 9.59 Å².